The van der Waals surface area contributed by atoms with Crippen LogP contribution in [0.2, 0.25) is 0 Å². The number of ether oxygens (including phenoxy) is 2. The number of carbonyl (C=O) groups excluding carboxylic acids is 2. The van der Waals surface area contributed by atoms with Gasteiger partial charge in [-0.1, -0.05) is 15.9 Å². The Morgan fingerprint density at radius 2 is 1.62 bits per heavy atom. The number of rotatable bonds is 6. The predicted octanol–water partition coefficient (Wildman–Crippen LogP) is 4.08. The van der Waals surface area contributed by atoms with E-state index in [1.165, 1.54) is 13.0 Å². The minimum atomic E-state index is -0.337. The summed E-state index contributed by atoms with van der Waals surface area (Å²) in [6, 6.07) is 10.5. The van der Waals surface area contributed by atoms with E-state index in [2.05, 4.69) is 26.6 Å². The number of hydrogen-bond acceptors (Lipinski definition) is 4. The first-order chi connectivity index (χ1) is 12.4. The van der Waals surface area contributed by atoms with E-state index in [0.29, 0.717) is 22.9 Å². The van der Waals surface area contributed by atoms with Gasteiger partial charge in [0.1, 0.15) is 11.5 Å². The molecule has 2 amide bonds. The van der Waals surface area contributed by atoms with Gasteiger partial charge in [-0.2, -0.15) is 0 Å². The first kappa shape index (κ1) is 19.5. The number of carbonyl (C=O) groups is 2. The molecule has 7 heteroatoms. The maximum Gasteiger partial charge on any atom is 0.248 e. The average Bonchev–Trinajstić information content (AvgIpc) is 2.61. The first-order valence-corrected chi connectivity index (χ1v) is 8.50. The van der Waals surface area contributed by atoms with Crippen LogP contribution in [0.3, 0.4) is 0 Å². The molecule has 2 aromatic rings. The summed E-state index contributed by atoms with van der Waals surface area (Å²) in [5.74, 6) is 0.701. The number of benzene rings is 2. The summed E-state index contributed by atoms with van der Waals surface area (Å²) >= 11 is 3.35. The Hall–Kier alpha value is -2.80. The molecule has 26 heavy (non-hydrogen) atoms. The molecule has 0 heterocycles. The standard InChI is InChI=1S/C19H19BrN2O4/c1-12(23)21-17-6-5-14(20)10-18(17)22-19(24)7-4-13-8-15(25-2)11-16(9-13)26-3/h4-11H,1-3H3,(H,21,23)(H,22,24)/b7-4+. The van der Waals surface area contributed by atoms with E-state index in [-0.39, 0.29) is 11.8 Å². The lowest BCUT2D eigenvalue weighted by Gasteiger charge is -2.11. The van der Waals surface area contributed by atoms with Crippen molar-refractivity contribution in [3.05, 3.63) is 52.5 Å². The van der Waals surface area contributed by atoms with Gasteiger partial charge in [-0.3, -0.25) is 9.59 Å². The van der Waals surface area contributed by atoms with Crippen molar-refractivity contribution in [1.29, 1.82) is 0 Å². The fourth-order valence-corrected chi connectivity index (χ4v) is 2.55. The molecule has 0 aliphatic heterocycles. The Morgan fingerprint density at radius 3 is 2.19 bits per heavy atom. The molecule has 2 N–H and O–H groups in total. The van der Waals surface area contributed by atoms with Crippen LogP contribution >= 0.6 is 15.9 Å². The van der Waals surface area contributed by atoms with E-state index in [4.69, 9.17) is 9.47 Å². The Bertz CT molecular complexity index is 827. The van der Waals surface area contributed by atoms with Crippen molar-refractivity contribution in [2.45, 2.75) is 6.92 Å². The van der Waals surface area contributed by atoms with Crippen molar-refractivity contribution in [2.24, 2.45) is 0 Å². The van der Waals surface area contributed by atoms with Gasteiger partial charge in [0.05, 0.1) is 25.6 Å². The summed E-state index contributed by atoms with van der Waals surface area (Å²) in [4.78, 5) is 23.5. The average molecular weight is 419 g/mol. The summed E-state index contributed by atoms with van der Waals surface area (Å²) in [7, 11) is 3.12. The highest BCUT2D eigenvalue weighted by molar-refractivity contribution is 9.10. The van der Waals surface area contributed by atoms with E-state index in [1.54, 1.807) is 56.7 Å². The van der Waals surface area contributed by atoms with E-state index in [0.717, 1.165) is 10.0 Å². The molecule has 136 valence electrons. The van der Waals surface area contributed by atoms with Crippen molar-refractivity contribution in [1.82, 2.24) is 0 Å². The van der Waals surface area contributed by atoms with Crippen LogP contribution in [0.25, 0.3) is 6.08 Å². The minimum Gasteiger partial charge on any atom is -0.497 e. The lowest BCUT2D eigenvalue weighted by Crippen LogP contribution is -2.13. The fraction of sp³-hybridized carbons (Fsp3) is 0.158. The second-order valence-electron chi connectivity index (χ2n) is 5.34. The molecule has 2 aromatic carbocycles. The molecule has 0 spiro atoms. The van der Waals surface area contributed by atoms with Crippen LogP contribution < -0.4 is 20.1 Å². The monoisotopic (exact) mass is 418 g/mol. The molecule has 6 nitrogen and oxygen atoms in total. The van der Waals surface area contributed by atoms with Crippen LogP contribution in [0.1, 0.15) is 12.5 Å². The van der Waals surface area contributed by atoms with Gasteiger partial charge in [-0.05, 0) is 42.0 Å². The number of halogens is 1. The molecule has 0 aromatic heterocycles. The Morgan fingerprint density at radius 1 is 0.962 bits per heavy atom. The Kier molecular flexibility index (Phi) is 6.80. The minimum absolute atomic E-state index is 0.221. The summed E-state index contributed by atoms with van der Waals surface area (Å²) in [5, 5.41) is 5.43. The van der Waals surface area contributed by atoms with Crippen LogP contribution in [0, 0.1) is 0 Å². The Balaban J connectivity index is 2.17. The molecule has 0 atom stereocenters. The first-order valence-electron chi connectivity index (χ1n) is 7.70. The van der Waals surface area contributed by atoms with Crippen molar-refractivity contribution >= 4 is 45.2 Å². The molecule has 0 aliphatic rings. The van der Waals surface area contributed by atoms with Gasteiger partial charge in [-0.15, -0.1) is 0 Å². The molecule has 0 saturated heterocycles. The summed E-state index contributed by atoms with van der Waals surface area (Å²) in [5.41, 5.74) is 1.77. The zero-order valence-corrected chi connectivity index (χ0v) is 16.2. The van der Waals surface area contributed by atoms with E-state index in [9.17, 15) is 9.59 Å². The largest absolute Gasteiger partial charge is 0.497 e. The normalized spacial score (nSPS) is 10.5. The van der Waals surface area contributed by atoms with Gasteiger partial charge in [0.2, 0.25) is 11.8 Å². The van der Waals surface area contributed by atoms with Crippen LogP contribution in [-0.2, 0) is 9.59 Å². The summed E-state index contributed by atoms with van der Waals surface area (Å²) < 4.78 is 11.2. The van der Waals surface area contributed by atoms with Crippen molar-refractivity contribution < 1.29 is 19.1 Å². The van der Waals surface area contributed by atoms with Gasteiger partial charge in [0.25, 0.3) is 0 Å². The van der Waals surface area contributed by atoms with Gasteiger partial charge in [0.15, 0.2) is 0 Å². The highest BCUT2D eigenvalue weighted by Crippen LogP contribution is 2.26. The van der Waals surface area contributed by atoms with Gasteiger partial charge < -0.3 is 20.1 Å². The topological polar surface area (TPSA) is 76.7 Å². The smallest absolute Gasteiger partial charge is 0.248 e. The fourth-order valence-electron chi connectivity index (χ4n) is 2.19. The van der Waals surface area contributed by atoms with E-state index >= 15 is 0 Å². The molecular formula is C19H19BrN2O4. The van der Waals surface area contributed by atoms with Gasteiger partial charge >= 0.3 is 0 Å². The van der Waals surface area contributed by atoms with E-state index < -0.39 is 0 Å². The predicted molar refractivity (Wildman–Crippen MR) is 106 cm³/mol. The third-order valence-electron chi connectivity index (χ3n) is 3.35. The number of amides is 2. The second-order valence-corrected chi connectivity index (χ2v) is 6.26. The third kappa shape index (κ3) is 5.63. The van der Waals surface area contributed by atoms with Crippen LogP contribution in [0.5, 0.6) is 11.5 Å². The quantitative estimate of drug-likeness (QED) is 0.692. The molecule has 0 bridgehead atoms. The molecule has 0 saturated carbocycles. The van der Waals surface area contributed by atoms with Crippen LogP contribution in [0.4, 0.5) is 11.4 Å². The zero-order chi connectivity index (χ0) is 19.1. The Labute approximate surface area is 160 Å². The van der Waals surface area contributed by atoms with E-state index in [1.807, 2.05) is 0 Å². The van der Waals surface area contributed by atoms with Crippen LogP contribution in [0.15, 0.2) is 46.9 Å². The third-order valence-corrected chi connectivity index (χ3v) is 3.84. The van der Waals surface area contributed by atoms with Crippen molar-refractivity contribution in [3.63, 3.8) is 0 Å². The molecule has 0 aliphatic carbocycles. The molecule has 0 radical (unpaired) electrons. The summed E-state index contributed by atoms with van der Waals surface area (Å²) in [6.45, 7) is 1.41. The maximum absolute atomic E-state index is 12.3. The second kappa shape index (κ2) is 9.05. The zero-order valence-electron chi connectivity index (χ0n) is 14.6. The van der Waals surface area contributed by atoms with Crippen molar-refractivity contribution in [2.75, 3.05) is 24.9 Å². The summed E-state index contributed by atoms with van der Waals surface area (Å²) in [6.07, 6.45) is 3.04. The SMILES string of the molecule is COc1cc(/C=C/C(=O)Nc2cc(Br)ccc2NC(C)=O)cc(OC)c1. The molecular weight excluding hydrogens is 400 g/mol. The van der Waals surface area contributed by atoms with Gasteiger partial charge in [0, 0.05) is 23.5 Å². The number of nitrogens with one attached hydrogen (secondary N) is 2. The molecule has 0 unspecified atom stereocenters. The molecule has 0 fully saturated rings. The maximum atomic E-state index is 12.3. The lowest BCUT2D eigenvalue weighted by atomic mass is 10.2. The number of hydrogen-bond donors (Lipinski definition) is 2. The van der Waals surface area contributed by atoms with Gasteiger partial charge in [-0.25, -0.2) is 0 Å². The molecule has 2 rings (SSSR count). The van der Waals surface area contributed by atoms with Crippen LogP contribution in [-0.4, -0.2) is 26.0 Å². The van der Waals surface area contributed by atoms with Crippen molar-refractivity contribution in [3.8, 4) is 11.5 Å². The highest BCUT2D eigenvalue weighted by Gasteiger charge is 2.07. The number of methoxy groups -OCH3 is 2. The number of anilines is 2. The lowest BCUT2D eigenvalue weighted by molar-refractivity contribution is -0.114. The highest BCUT2D eigenvalue weighted by atomic mass is 79.9.